The Morgan fingerprint density at radius 2 is 0.519 bits per heavy atom. The summed E-state index contributed by atoms with van der Waals surface area (Å²) in [6, 6.07) is 0. The van der Waals surface area contributed by atoms with Crippen LogP contribution in [0.1, 0.15) is 69.2 Å². The van der Waals surface area contributed by atoms with Gasteiger partial charge in [0.1, 0.15) is 0 Å². The second-order valence-corrected chi connectivity index (χ2v) is 11.8. The molecule has 0 amide bonds. The van der Waals surface area contributed by atoms with E-state index in [-0.39, 0.29) is 24.8 Å². The minimum atomic E-state index is -1.53. The van der Waals surface area contributed by atoms with Gasteiger partial charge in [0.2, 0.25) is 0 Å². The van der Waals surface area contributed by atoms with E-state index in [9.17, 15) is 6.80 Å². The third kappa shape index (κ3) is 9.46. The fourth-order valence-corrected chi connectivity index (χ4v) is 5.19. The van der Waals surface area contributed by atoms with Gasteiger partial charge in [-0.25, -0.2) is 0 Å². The van der Waals surface area contributed by atoms with Crippen LogP contribution >= 0.6 is 24.8 Å². The van der Waals surface area contributed by atoms with E-state index in [0.29, 0.717) is 0 Å². The van der Waals surface area contributed by atoms with E-state index in [1.54, 1.807) is 0 Å². The van der Waals surface area contributed by atoms with Crippen LogP contribution in [0.2, 0.25) is 0 Å². The Morgan fingerprint density at radius 1 is 0.407 bits per heavy atom. The average Bonchev–Trinajstić information content (AvgIpc) is 2.87. The molecule has 7 heteroatoms. The first-order valence-corrected chi connectivity index (χ1v) is 13.1. The standard InChI is InChI=1S/2C10H20.2ClH.2Mo.3O/c2*1-6-7(2)9(4)10(5)8(6)3;;;;;;;/h2*6-10H,1-5H3;2*1H;;;;;. The van der Waals surface area contributed by atoms with Crippen LogP contribution in [0, 0.1) is 59.2 Å². The molecule has 0 aliphatic heterocycles. The molecular weight excluding hydrogens is 551 g/mol. The Hall–Kier alpha value is 1.52. The molecule has 0 aromatic rings. The molecule has 2 fully saturated rings. The molecule has 0 heterocycles. The van der Waals surface area contributed by atoms with Crippen LogP contribution in [0.4, 0.5) is 0 Å². The summed E-state index contributed by atoms with van der Waals surface area (Å²) >= 11 is -3.06. The minimum absolute atomic E-state index is 0. The monoisotopic (exact) mass is 596 g/mol. The SMILES string of the molecule is CC1C(C)C(C)C(C)C1C.CC1C(C)C(C)C(C)C1C.Cl.Cl.[O]=[Mo][O][Mo]=[O]. The molecule has 2 saturated carbocycles. The second-order valence-electron chi connectivity index (χ2n) is 8.80. The molecule has 27 heavy (non-hydrogen) atoms. The van der Waals surface area contributed by atoms with Crippen molar-refractivity contribution in [3.8, 4) is 0 Å². The zero-order valence-electron chi connectivity index (χ0n) is 18.6. The van der Waals surface area contributed by atoms with E-state index < -0.39 is 37.8 Å². The van der Waals surface area contributed by atoms with Crippen LogP contribution in [0.15, 0.2) is 0 Å². The molecule has 2 aliphatic carbocycles. The van der Waals surface area contributed by atoms with Crippen LogP contribution < -0.4 is 0 Å². The number of hydrogen-bond acceptors (Lipinski definition) is 3. The fourth-order valence-electron chi connectivity index (χ4n) is 4.80. The maximum atomic E-state index is 9.27. The van der Waals surface area contributed by atoms with Gasteiger partial charge >= 0.3 is 46.7 Å². The van der Waals surface area contributed by atoms with E-state index in [1.165, 1.54) is 0 Å². The molecular formula is C20H42Cl2Mo2O3. The fraction of sp³-hybridized carbons (Fsp3) is 1.00. The van der Waals surface area contributed by atoms with Gasteiger partial charge < -0.3 is 0 Å². The third-order valence-corrected chi connectivity index (χ3v) is 10.2. The quantitative estimate of drug-likeness (QED) is 0.328. The van der Waals surface area contributed by atoms with E-state index in [2.05, 4.69) is 71.3 Å². The van der Waals surface area contributed by atoms with Gasteiger partial charge in [0.05, 0.1) is 0 Å². The normalized spacial score (nSPS) is 42.3. The first kappa shape index (κ1) is 33.2. The Bertz CT molecular complexity index is 289. The van der Waals surface area contributed by atoms with E-state index in [4.69, 9.17) is 0 Å². The summed E-state index contributed by atoms with van der Waals surface area (Å²) in [5, 5.41) is 0. The molecule has 0 radical (unpaired) electrons. The first-order chi connectivity index (χ1) is 11.5. The van der Waals surface area contributed by atoms with Crippen molar-refractivity contribution < 1.29 is 46.7 Å². The van der Waals surface area contributed by atoms with Crippen molar-refractivity contribution in [2.24, 2.45) is 59.2 Å². The van der Waals surface area contributed by atoms with Crippen molar-refractivity contribution in [3.05, 3.63) is 0 Å². The summed E-state index contributed by atoms with van der Waals surface area (Å²) in [7, 11) is 0. The molecule has 0 spiro atoms. The first-order valence-electron chi connectivity index (χ1n) is 9.77. The molecule has 0 unspecified atom stereocenters. The van der Waals surface area contributed by atoms with Gasteiger partial charge in [-0.2, -0.15) is 0 Å². The molecule has 0 bridgehead atoms. The molecule has 0 saturated heterocycles. The Morgan fingerprint density at radius 3 is 0.556 bits per heavy atom. The Kier molecular flexibility index (Phi) is 19.9. The molecule has 2 aliphatic rings. The maximum absolute atomic E-state index is 9.27. The Balaban J connectivity index is -0.000000326. The van der Waals surface area contributed by atoms with E-state index in [0.717, 1.165) is 59.2 Å². The summed E-state index contributed by atoms with van der Waals surface area (Å²) < 4.78 is 22.5. The molecule has 166 valence electrons. The molecule has 0 aromatic carbocycles. The number of rotatable bonds is 2. The predicted molar refractivity (Wildman–Crippen MR) is 109 cm³/mol. The second kappa shape index (κ2) is 16.2. The summed E-state index contributed by atoms with van der Waals surface area (Å²) in [6.07, 6.45) is 0. The van der Waals surface area contributed by atoms with E-state index >= 15 is 0 Å². The van der Waals surface area contributed by atoms with Crippen molar-refractivity contribution in [1.29, 1.82) is 0 Å². The summed E-state index contributed by atoms with van der Waals surface area (Å²) in [6.45, 7) is 24.0. The predicted octanol–water partition coefficient (Wildman–Crippen LogP) is 6.89. The Labute approximate surface area is 198 Å². The van der Waals surface area contributed by atoms with Gasteiger partial charge in [-0.1, -0.05) is 69.2 Å². The van der Waals surface area contributed by atoms with Gasteiger partial charge in [-0.3, -0.25) is 0 Å². The van der Waals surface area contributed by atoms with Crippen molar-refractivity contribution in [2.75, 3.05) is 0 Å². The number of hydrogen-bond donors (Lipinski definition) is 0. The van der Waals surface area contributed by atoms with Crippen LogP contribution in [0.25, 0.3) is 0 Å². The van der Waals surface area contributed by atoms with Crippen LogP contribution in [-0.2, 0) is 46.7 Å². The van der Waals surface area contributed by atoms with Gasteiger partial charge in [0.15, 0.2) is 0 Å². The zero-order chi connectivity index (χ0) is 19.9. The van der Waals surface area contributed by atoms with Crippen molar-refractivity contribution >= 4 is 24.8 Å². The van der Waals surface area contributed by atoms with Gasteiger partial charge in [-0.15, -0.1) is 24.8 Å². The third-order valence-electron chi connectivity index (χ3n) is 8.35. The molecule has 0 N–H and O–H groups in total. The van der Waals surface area contributed by atoms with Crippen molar-refractivity contribution in [3.63, 3.8) is 0 Å². The topological polar surface area (TPSA) is 43.4 Å². The van der Waals surface area contributed by atoms with Gasteiger partial charge in [0, 0.05) is 0 Å². The van der Waals surface area contributed by atoms with E-state index in [1.807, 2.05) is 0 Å². The van der Waals surface area contributed by atoms with Gasteiger partial charge in [-0.05, 0) is 59.2 Å². The summed E-state index contributed by atoms with van der Waals surface area (Å²) in [5.41, 5.74) is 0. The summed E-state index contributed by atoms with van der Waals surface area (Å²) in [5.74, 6) is 9.35. The van der Waals surface area contributed by atoms with Crippen LogP contribution in [0.5, 0.6) is 0 Å². The van der Waals surface area contributed by atoms with Gasteiger partial charge in [0.25, 0.3) is 0 Å². The molecule has 2 rings (SSSR count). The molecule has 0 aromatic heterocycles. The van der Waals surface area contributed by atoms with Crippen molar-refractivity contribution in [2.45, 2.75) is 69.2 Å². The zero-order valence-corrected chi connectivity index (χ0v) is 24.3. The molecule has 3 nitrogen and oxygen atoms in total. The summed E-state index contributed by atoms with van der Waals surface area (Å²) in [4.78, 5) is 0. The molecule has 0 atom stereocenters. The number of halogens is 2. The van der Waals surface area contributed by atoms with Crippen LogP contribution in [0.3, 0.4) is 0 Å². The van der Waals surface area contributed by atoms with Crippen LogP contribution in [-0.4, -0.2) is 0 Å². The average molecular weight is 593 g/mol. The van der Waals surface area contributed by atoms with Crippen molar-refractivity contribution in [1.82, 2.24) is 0 Å².